The summed E-state index contributed by atoms with van der Waals surface area (Å²) in [7, 11) is 1.45. The van der Waals surface area contributed by atoms with Gasteiger partial charge in [0.05, 0.1) is 0 Å². The fourth-order valence-electron chi connectivity index (χ4n) is 2.76. The zero-order chi connectivity index (χ0) is 18.4. The molecule has 0 aliphatic carbocycles. The van der Waals surface area contributed by atoms with Crippen LogP contribution in [0.4, 0.5) is 13.6 Å². The summed E-state index contributed by atoms with van der Waals surface area (Å²) in [6, 6.07) is 4.31. The van der Waals surface area contributed by atoms with E-state index in [1.54, 1.807) is 6.07 Å². The number of likely N-dealkylation sites (N-methyl/N-ethyl adjacent to an activating group) is 1. The maximum atomic E-state index is 14.1. The zero-order valence-electron chi connectivity index (χ0n) is 13.4. The lowest BCUT2D eigenvalue weighted by atomic mass is 10.1. The monoisotopic (exact) mass is 355 g/mol. The molecule has 3 heterocycles. The molecule has 0 atom stereocenters. The van der Waals surface area contributed by atoms with Crippen LogP contribution in [0.3, 0.4) is 0 Å². The van der Waals surface area contributed by atoms with Crippen molar-refractivity contribution in [2.75, 3.05) is 7.05 Å². The number of urea groups is 1. The topological polar surface area (TPSA) is 75.4 Å². The summed E-state index contributed by atoms with van der Waals surface area (Å²) in [5.41, 5.74) is 0.954. The number of rotatable bonds is 2. The summed E-state index contributed by atoms with van der Waals surface area (Å²) in [6.07, 6.45) is 4.34. The molecule has 8 heteroatoms. The van der Waals surface area contributed by atoms with Crippen molar-refractivity contribution in [2.45, 2.75) is 0 Å². The maximum Gasteiger partial charge on any atom is 0.328 e. The van der Waals surface area contributed by atoms with E-state index in [-0.39, 0.29) is 11.3 Å². The highest BCUT2D eigenvalue weighted by molar-refractivity contribution is 6.13. The molecule has 130 valence electrons. The lowest BCUT2D eigenvalue weighted by Crippen LogP contribution is -2.24. The first-order valence-electron chi connectivity index (χ1n) is 7.58. The molecule has 0 spiro atoms. The van der Waals surface area contributed by atoms with Gasteiger partial charge in [-0.1, -0.05) is 0 Å². The third-order valence-electron chi connectivity index (χ3n) is 4.06. The van der Waals surface area contributed by atoms with Crippen LogP contribution >= 0.6 is 0 Å². The normalized spacial score (nSPS) is 16.0. The first kappa shape index (κ1) is 15.9. The first-order valence-corrected chi connectivity index (χ1v) is 7.58. The number of imide groups is 1. The SMILES string of the molecule is CN1C(=O)NC(=O)/C1=C/c1cc2cncc(-c3ccc(F)cc3F)c2o1. The predicted molar refractivity (Wildman–Crippen MR) is 88.6 cm³/mol. The van der Waals surface area contributed by atoms with Crippen molar-refractivity contribution in [3.8, 4) is 11.1 Å². The highest BCUT2D eigenvalue weighted by atomic mass is 19.1. The van der Waals surface area contributed by atoms with E-state index in [1.807, 2.05) is 0 Å². The number of nitrogens with zero attached hydrogens (tertiary/aromatic N) is 2. The number of fused-ring (bicyclic) bond motifs is 1. The minimum absolute atomic E-state index is 0.122. The number of pyridine rings is 1. The van der Waals surface area contributed by atoms with Gasteiger partial charge in [0, 0.05) is 48.1 Å². The highest BCUT2D eigenvalue weighted by Gasteiger charge is 2.30. The summed E-state index contributed by atoms with van der Waals surface area (Å²) in [4.78, 5) is 28.5. The largest absolute Gasteiger partial charge is 0.456 e. The lowest BCUT2D eigenvalue weighted by molar-refractivity contribution is -0.115. The Bertz CT molecular complexity index is 1100. The Morgan fingerprint density at radius 2 is 1.96 bits per heavy atom. The second-order valence-corrected chi connectivity index (χ2v) is 5.73. The van der Waals surface area contributed by atoms with Gasteiger partial charge in [-0.15, -0.1) is 0 Å². The van der Waals surface area contributed by atoms with Gasteiger partial charge in [-0.05, 0) is 18.2 Å². The van der Waals surface area contributed by atoms with E-state index < -0.39 is 23.6 Å². The van der Waals surface area contributed by atoms with Crippen LogP contribution in [0.25, 0.3) is 28.2 Å². The maximum absolute atomic E-state index is 14.1. The quantitative estimate of drug-likeness (QED) is 0.565. The molecular formula is C18H11F2N3O3. The van der Waals surface area contributed by atoms with Crippen LogP contribution < -0.4 is 5.32 Å². The van der Waals surface area contributed by atoms with E-state index in [0.717, 1.165) is 17.0 Å². The molecule has 4 rings (SSSR count). The van der Waals surface area contributed by atoms with E-state index in [1.165, 1.54) is 31.6 Å². The van der Waals surface area contributed by atoms with Gasteiger partial charge in [-0.25, -0.2) is 13.6 Å². The van der Waals surface area contributed by atoms with Gasteiger partial charge >= 0.3 is 6.03 Å². The van der Waals surface area contributed by atoms with Crippen LogP contribution in [0.5, 0.6) is 0 Å². The van der Waals surface area contributed by atoms with Crippen LogP contribution in [0.2, 0.25) is 0 Å². The minimum Gasteiger partial charge on any atom is -0.456 e. The number of carbonyl (C=O) groups is 2. The van der Waals surface area contributed by atoms with Gasteiger partial charge in [0.2, 0.25) is 0 Å². The number of nitrogens with one attached hydrogen (secondary N) is 1. The smallest absolute Gasteiger partial charge is 0.328 e. The zero-order valence-corrected chi connectivity index (χ0v) is 13.4. The lowest BCUT2D eigenvalue weighted by Gasteiger charge is -2.05. The Labute approximate surface area is 145 Å². The predicted octanol–water partition coefficient (Wildman–Crippen LogP) is 3.30. The van der Waals surface area contributed by atoms with Crippen LogP contribution in [0.15, 0.2) is 46.8 Å². The molecule has 6 nitrogen and oxygen atoms in total. The van der Waals surface area contributed by atoms with Crippen molar-refractivity contribution in [3.63, 3.8) is 0 Å². The number of hydrogen-bond acceptors (Lipinski definition) is 4. The number of furan rings is 1. The van der Waals surface area contributed by atoms with Gasteiger partial charge in [0.25, 0.3) is 5.91 Å². The van der Waals surface area contributed by atoms with Crippen molar-refractivity contribution in [2.24, 2.45) is 0 Å². The molecule has 0 unspecified atom stereocenters. The molecule has 1 N–H and O–H groups in total. The Kier molecular flexibility index (Phi) is 3.54. The third-order valence-corrected chi connectivity index (χ3v) is 4.06. The van der Waals surface area contributed by atoms with Crippen molar-refractivity contribution < 1.29 is 22.8 Å². The second kappa shape index (κ2) is 5.76. The fraction of sp³-hybridized carbons (Fsp3) is 0.0556. The van der Waals surface area contributed by atoms with Gasteiger partial charge in [-0.3, -0.25) is 20.0 Å². The molecule has 3 amide bonds. The highest BCUT2D eigenvalue weighted by Crippen LogP contribution is 2.32. The molecule has 1 aliphatic rings. The van der Waals surface area contributed by atoms with Crippen molar-refractivity contribution in [1.82, 2.24) is 15.2 Å². The van der Waals surface area contributed by atoms with Crippen LogP contribution in [0.1, 0.15) is 5.76 Å². The summed E-state index contributed by atoms with van der Waals surface area (Å²) in [6.45, 7) is 0. The van der Waals surface area contributed by atoms with Gasteiger partial charge in [-0.2, -0.15) is 0 Å². The number of carbonyl (C=O) groups excluding carboxylic acids is 2. The average molecular weight is 355 g/mol. The standard InChI is InChI=1S/C18H11F2N3O3/c1-23-15(17(24)22-18(23)25)6-11-4-9-7-21-8-13(16(9)26-11)12-3-2-10(19)5-14(12)20/h2-8H,1H3,(H,22,24,25)/b15-6-. The molecule has 1 fully saturated rings. The summed E-state index contributed by atoms with van der Waals surface area (Å²) < 4.78 is 33.0. The molecule has 1 aliphatic heterocycles. The van der Waals surface area contributed by atoms with Crippen LogP contribution in [-0.4, -0.2) is 28.9 Å². The third kappa shape index (κ3) is 2.52. The van der Waals surface area contributed by atoms with Gasteiger partial charge in [0.15, 0.2) is 0 Å². The van der Waals surface area contributed by atoms with E-state index in [9.17, 15) is 18.4 Å². The first-order chi connectivity index (χ1) is 12.4. The number of aromatic nitrogens is 1. The molecule has 3 aromatic rings. The minimum atomic E-state index is -0.740. The van der Waals surface area contributed by atoms with Crippen molar-refractivity contribution in [1.29, 1.82) is 0 Å². The molecule has 0 bridgehead atoms. The summed E-state index contributed by atoms with van der Waals surface area (Å²) in [5.74, 6) is -1.67. The Morgan fingerprint density at radius 1 is 1.15 bits per heavy atom. The van der Waals surface area contributed by atoms with Gasteiger partial charge < -0.3 is 4.42 Å². The van der Waals surface area contributed by atoms with Crippen LogP contribution in [-0.2, 0) is 4.79 Å². The van der Waals surface area contributed by atoms with Gasteiger partial charge in [0.1, 0.15) is 28.7 Å². The number of benzene rings is 1. The van der Waals surface area contributed by atoms with E-state index in [2.05, 4.69) is 10.3 Å². The van der Waals surface area contributed by atoms with E-state index >= 15 is 0 Å². The number of halogens is 2. The Balaban J connectivity index is 1.84. The van der Waals surface area contributed by atoms with E-state index in [4.69, 9.17) is 4.42 Å². The average Bonchev–Trinajstić information content (AvgIpc) is 3.11. The molecule has 26 heavy (non-hydrogen) atoms. The Hall–Kier alpha value is -3.55. The molecule has 2 aromatic heterocycles. The fourth-order valence-corrected chi connectivity index (χ4v) is 2.76. The Morgan fingerprint density at radius 3 is 2.65 bits per heavy atom. The van der Waals surface area contributed by atoms with Crippen LogP contribution in [0, 0.1) is 11.6 Å². The van der Waals surface area contributed by atoms with Crippen molar-refractivity contribution >= 4 is 29.0 Å². The second-order valence-electron chi connectivity index (χ2n) is 5.73. The van der Waals surface area contributed by atoms with E-state index in [0.29, 0.717) is 22.3 Å². The molecule has 1 saturated heterocycles. The summed E-state index contributed by atoms with van der Waals surface area (Å²) >= 11 is 0. The molecule has 0 saturated carbocycles. The molecule has 1 aromatic carbocycles. The van der Waals surface area contributed by atoms with Crippen molar-refractivity contribution in [3.05, 3.63) is 59.8 Å². The molecular weight excluding hydrogens is 344 g/mol. The number of amides is 3. The number of hydrogen-bond donors (Lipinski definition) is 1. The summed E-state index contributed by atoms with van der Waals surface area (Å²) in [5, 5.41) is 2.74. The molecule has 0 radical (unpaired) electrons.